The van der Waals surface area contributed by atoms with Gasteiger partial charge in [0.1, 0.15) is 0 Å². The minimum Gasteiger partial charge on any atom is -0.481 e. The van der Waals surface area contributed by atoms with Gasteiger partial charge in [-0.2, -0.15) is 0 Å². The van der Waals surface area contributed by atoms with Crippen molar-refractivity contribution in [3.63, 3.8) is 0 Å². The molecule has 6 heteroatoms. The Kier molecular flexibility index (Phi) is 6.78. The number of ether oxygens (including phenoxy) is 1. The number of carboxylic acid groups (broad SMARTS) is 1. The van der Waals surface area contributed by atoms with E-state index in [9.17, 15) is 9.59 Å². The van der Waals surface area contributed by atoms with Crippen LogP contribution in [0.3, 0.4) is 0 Å². The van der Waals surface area contributed by atoms with E-state index in [-0.39, 0.29) is 12.5 Å². The molecule has 0 atom stereocenters. The van der Waals surface area contributed by atoms with Gasteiger partial charge in [0.05, 0.1) is 18.6 Å². The highest BCUT2D eigenvalue weighted by atomic mass is 16.5. The van der Waals surface area contributed by atoms with Crippen LogP contribution in [0.25, 0.3) is 0 Å². The van der Waals surface area contributed by atoms with Gasteiger partial charge in [0, 0.05) is 20.2 Å². The monoisotopic (exact) mass is 286 g/mol. The fourth-order valence-electron chi connectivity index (χ4n) is 2.63. The van der Waals surface area contributed by atoms with Crippen LogP contribution in [-0.2, 0) is 9.53 Å². The largest absolute Gasteiger partial charge is 0.481 e. The minimum absolute atomic E-state index is 0.00194. The third-order valence-corrected chi connectivity index (χ3v) is 3.79. The molecule has 0 aromatic rings. The third-order valence-electron chi connectivity index (χ3n) is 3.79. The Labute approximate surface area is 120 Å². The first-order chi connectivity index (χ1) is 9.49. The number of likely N-dealkylation sites (N-methyl/N-ethyl adjacent to an activating group) is 1. The first kappa shape index (κ1) is 16.8. The molecule has 0 unspecified atom stereocenters. The first-order valence-corrected chi connectivity index (χ1v) is 7.32. The van der Waals surface area contributed by atoms with Crippen LogP contribution < -0.4 is 5.32 Å². The minimum atomic E-state index is -0.857. The van der Waals surface area contributed by atoms with Gasteiger partial charge in [-0.25, -0.2) is 4.79 Å². The number of hydrogen-bond donors (Lipinski definition) is 2. The van der Waals surface area contributed by atoms with Crippen molar-refractivity contribution < 1.29 is 19.4 Å². The zero-order valence-electron chi connectivity index (χ0n) is 12.5. The summed E-state index contributed by atoms with van der Waals surface area (Å²) in [7, 11) is 1.70. The van der Waals surface area contributed by atoms with Gasteiger partial charge in [0.15, 0.2) is 0 Å². The highest BCUT2D eigenvalue weighted by Gasteiger charge is 2.36. The quantitative estimate of drug-likeness (QED) is 0.700. The van der Waals surface area contributed by atoms with Crippen LogP contribution in [0.1, 0.15) is 45.4 Å². The normalized spacial score (nSPS) is 17.5. The number of carbonyl (C=O) groups excluding carboxylic acids is 1. The Morgan fingerprint density at radius 2 is 1.95 bits per heavy atom. The van der Waals surface area contributed by atoms with E-state index in [1.54, 1.807) is 11.9 Å². The van der Waals surface area contributed by atoms with Crippen molar-refractivity contribution in [1.82, 2.24) is 10.2 Å². The summed E-state index contributed by atoms with van der Waals surface area (Å²) < 4.78 is 5.22. The average molecular weight is 286 g/mol. The number of urea groups is 1. The van der Waals surface area contributed by atoms with Crippen molar-refractivity contribution in [1.29, 1.82) is 0 Å². The Morgan fingerprint density at radius 3 is 2.50 bits per heavy atom. The molecular weight excluding hydrogens is 260 g/mol. The lowest BCUT2D eigenvalue weighted by Gasteiger charge is -2.38. The van der Waals surface area contributed by atoms with Crippen LogP contribution in [0.2, 0.25) is 0 Å². The Hall–Kier alpha value is -1.30. The Balaban J connectivity index is 2.55. The molecule has 1 aliphatic rings. The zero-order valence-corrected chi connectivity index (χ0v) is 12.5. The maximum atomic E-state index is 12.2. The van der Waals surface area contributed by atoms with Gasteiger partial charge in [0.25, 0.3) is 0 Å². The molecular formula is C14H26N2O4. The molecule has 20 heavy (non-hydrogen) atoms. The lowest BCUT2D eigenvalue weighted by Crippen LogP contribution is -2.54. The first-order valence-electron chi connectivity index (χ1n) is 7.32. The average Bonchev–Trinajstić information content (AvgIpc) is 2.38. The van der Waals surface area contributed by atoms with E-state index >= 15 is 0 Å². The third kappa shape index (κ3) is 5.36. The predicted molar refractivity (Wildman–Crippen MR) is 75.7 cm³/mol. The number of carbonyl (C=O) groups is 2. The standard InChI is InChI=1S/C14H26N2O4/c1-3-20-10-9-16(2)13(19)15-14(11-12(17)18)7-5-4-6-8-14/h3-11H2,1-2H3,(H,15,19)(H,17,18). The summed E-state index contributed by atoms with van der Waals surface area (Å²) in [5, 5.41) is 12.0. The molecule has 0 spiro atoms. The number of aliphatic carboxylic acids is 1. The summed E-state index contributed by atoms with van der Waals surface area (Å²) in [4.78, 5) is 24.8. The lowest BCUT2D eigenvalue weighted by molar-refractivity contribution is -0.139. The van der Waals surface area contributed by atoms with E-state index in [1.165, 1.54) is 0 Å². The van der Waals surface area contributed by atoms with Gasteiger partial charge >= 0.3 is 12.0 Å². The van der Waals surface area contributed by atoms with Crippen molar-refractivity contribution in [2.45, 2.75) is 51.0 Å². The molecule has 2 N–H and O–H groups in total. The van der Waals surface area contributed by atoms with Crippen molar-refractivity contribution in [2.24, 2.45) is 0 Å². The van der Waals surface area contributed by atoms with E-state index in [1.807, 2.05) is 6.92 Å². The van der Waals surface area contributed by atoms with E-state index in [2.05, 4.69) is 5.32 Å². The van der Waals surface area contributed by atoms with E-state index < -0.39 is 11.5 Å². The van der Waals surface area contributed by atoms with E-state index in [0.29, 0.717) is 19.8 Å². The number of nitrogens with one attached hydrogen (secondary N) is 1. The molecule has 0 radical (unpaired) electrons. The summed E-state index contributed by atoms with van der Waals surface area (Å²) in [6.07, 6.45) is 4.52. The van der Waals surface area contributed by atoms with Gasteiger partial charge in [0.2, 0.25) is 0 Å². The summed E-state index contributed by atoms with van der Waals surface area (Å²) in [6, 6.07) is -0.215. The Morgan fingerprint density at radius 1 is 1.30 bits per heavy atom. The number of amides is 2. The second kappa shape index (κ2) is 8.09. The molecule has 0 aromatic carbocycles. The second-order valence-electron chi connectivity index (χ2n) is 5.46. The molecule has 0 bridgehead atoms. The molecule has 1 rings (SSSR count). The summed E-state index contributed by atoms with van der Waals surface area (Å²) in [5.41, 5.74) is -0.582. The lowest BCUT2D eigenvalue weighted by atomic mass is 9.79. The molecule has 6 nitrogen and oxygen atoms in total. The molecule has 1 aliphatic carbocycles. The van der Waals surface area contributed by atoms with Gasteiger partial charge in [-0.15, -0.1) is 0 Å². The van der Waals surface area contributed by atoms with E-state index in [4.69, 9.17) is 9.84 Å². The smallest absolute Gasteiger partial charge is 0.317 e. The van der Waals surface area contributed by atoms with Crippen molar-refractivity contribution in [3.8, 4) is 0 Å². The fourth-order valence-corrected chi connectivity index (χ4v) is 2.63. The predicted octanol–water partition coefficient (Wildman–Crippen LogP) is 1.84. The van der Waals surface area contributed by atoms with E-state index in [0.717, 1.165) is 32.1 Å². The van der Waals surface area contributed by atoms with Crippen LogP contribution in [0.15, 0.2) is 0 Å². The highest BCUT2D eigenvalue weighted by Crippen LogP contribution is 2.31. The molecule has 2 amide bonds. The molecule has 0 heterocycles. The zero-order chi connectivity index (χ0) is 15.0. The molecule has 0 aliphatic heterocycles. The maximum absolute atomic E-state index is 12.2. The number of nitrogens with zero attached hydrogens (tertiary/aromatic N) is 1. The van der Waals surface area contributed by atoms with Crippen molar-refractivity contribution in [2.75, 3.05) is 26.8 Å². The number of rotatable bonds is 7. The maximum Gasteiger partial charge on any atom is 0.317 e. The topological polar surface area (TPSA) is 78.9 Å². The van der Waals surface area contributed by atoms with Crippen LogP contribution in [0.4, 0.5) is 4.79 Å². The van der Waals surface area contributed by atoms with Gasteiger partial charge < -0.3 is 20.1 Å². The molecule has 1 fully saturated rings. The number of carboxylic acids is 1. The van der Waals surface area contributed by atoms with Gasteiger partial charge in [-0.1, -0.05) is 19.3 Å². The van der Waals surface area contributed by atoms with Crippen LogP contribution >= 0.6 is 0 Å². The molecule has 0 aromatic heterocycles. The fraction of sp³-hybridized carbons (Fsp3) is 0.857. The van der Waals surface area contributed by atoms with Crippen molar-refractivity contribution >= 4 is 12.0 Å². The van der Waals surface area contributed by atoms with Gasteiger partial charge in [-0.3, -0.25) is 4.79 Å². The highest BCUT2D eigenvalue weighted by molar-refractivity contribution is 5.76. The van der Waals surface area contributed by atoms with Crippen molar-refractivity contribution in [3.05, 3.63) is 0 Å². The second-order valence-corrected chi connectivity index (χ2v) is 5.46. The van der Waals surface area contributed by atoms with Crippen LogP contribution in [0, 0.1) is 0 Å². The summed E-state index contributed by atoms with van der Waals surface area (Å²) >= 11 is 0. The van der Waals surface area contributed by atoms with Gasteiger partial charge in [-0.05, 0) is 19.8 Å². The molecule has 0 saturated heterocycles. The molecule has 116 valence electrons. The molecule has 1 saturated carbocycles. The van der Waals surface area contributed by atoms with Crippen LogP contribution in [0.5, 0.6) is 0 Å². The van der Waals surface area contributed by atoms with Crippen LogP contribution in [-0.4, -0.2) is 54.4 Å². The summed E-state index contributed by atoms with van der Waals surface area (Å²) in [5.74, 6) is -0.857. The Bertz CT molecular complexity index is 327. The number of hydrogen-bond acceptors (Lipinski definition) is 3. The summed E-state index contributed by atoms with van der Waals surface area (Å²) in [6.45, 7) is 3.53. The SMILES string of the molecule is CCOCCN(C)C(=O)NC1(CC(=O)O)CCCCC1.